The van der Waals surface area contributed by atoms with E-state index in [1.165, 1.54) is 0 Å². The Hall–Kier alpha value is -2.49. The predicted octanol–water partition coefficient (Wildman–Crippen LogP) is 3.15. The normalized spacial score (nSPS) is 17.2. The number of benzene rings is 2. The summed E-state index contributed by atoms with van der Waals surface area (Å²) in [6, 6.07) is 13.6. The minimum absolute atomic E-state index is 0.106. The maximum atomic E-state index is 10.0. The second-order valence-corrected chi connectivity index (χ2v) is 5.24. The molecule has 108 valence electrons. The van der Waals surface area contributed by atoms with Crippen LogP contribution in [0.2, 0.25) is 0 Å². The smallest absolute Gasteiger partial charge is 0.124 e. The summed E-state index contributed by atoms with van der Waals surface area (Å²) in [5.41, 5.74) is 7.05. The van der Waals surface area contributed by atoms with Crippen LogP contribution in [0.3, 0.4) is 0 Å². The van der Waals surface area contributed by atoms with Gasteiger partial charge in [0.2, 0.25) is 0 Å². The van der Waals surface area contributed by atoms with Gasteiger partial charge in [-0.25, -0.2) is 0 Å². The maximum Gasteiger partial charge on any atom is 0.124 e. The highest BCUT2D eigenvalue weighted by Crippen LogP contribution is 2.29. The highest BCUT2D eigenvalue weighted by atomic mass is 16.5. The lowest BCUT2D eigenvalue weighted by atomic mass is 9.97. The second kappa shape index (κ2) is 5.48. The van der Waals surface area contributed by atoms with Crippen molar-refractivity contribution in [1.82, 2.24) is 5.43 Å². The first-order valence-corrected chi connectivity index (χ1v) is 6.93. The largest absolute Gasteiger partial charge is 0.507 e. The van der Waals surface area contributed by atoms with Gasteiger partial charge in [-0.2, -0.15) is 5.10 Å². The molecule has 4 nitrogen and oxygen atoms in total. The fourth-order valence-electron chi connectivity index (χ4n) is 2.54. The molecule has 21 heavy (non-hydrogen) atoms. The van der Waals surface area contributed by atoms with Gasteiger partial charge in [0.05, 0.1) is 18.9 Å². The molecule has 0 radical (unpaired) electrons. The summed E-state index contributed by atoms with van der Waals surface area (Å²) < 4.78 is 5.26. The van der Waals surface area contributed by atoms with Crippen molar-refractivity contribution in [3.05, 3.63) is 59.2 Å². The molecule has 0 spiro atoms. The third-order valence-electron chi connectivity index (χ3n) is 3.71. The Kier molecular flexibility index (Phi) is 3.52. The fraction of sp³-hybridized carbons (Fsp3) is 0.235. The number of hydrazone groups is 1. The van der Waals surface area contributed by atoms with Crippen molar-refractivity contribution in [2.45, 2.75) is 19.4 Å². The number of aryl methyl sites for hydroxylation is 1. The van der Waals surface area contributed by atoms with Crippen LogP contribution in [-0.4, -0.2) is 17.9 Å². The number of phenolic OH excluding ortho intramolecular Hbond substituents is 1. The number of nitrogens with zero attached hydrogens (tertiary/aromatic N) is 1. The predicted molar refractivity (Wildman–Crippen MR) is 82.9 cm³/mol. The summed E-state index contributed by atoms with van der Waals surface area (Å²) in [6.45, 7) is 2.01. The van der Waals surface area contributed by atoms with E-state index in [2.05, 4.69) is 16.6 Å². The van der Waals surface area contributed by atoms with Gasteiger partial charge in [0.15, 0.2) is 0 Å². The van der Waals surface area contributed by atoms with Crippen LogP contribution in [0.25, 0.3) is 0 Å². The van der Waals surface area contributed by atoms with Crippen molar-refractivity contribution in [2.75, 3.05) is 7.11 Å². The number of ether oxygens (including phenoxy) is 1. The number of methoxy groups -OCH3 is 1. The zero-order valence-corrected chi connectivity index (χ0v) is 12.1. The molecule has 2 N–H and O–H groups in total. The first-order chi connectivity index (χ1) is 10.2. The van der Waals surface area contributed by atoms with Gasteiger partial charge in [-0.05, 0) is 36.8 Å². The van der Waals surface area contributed by atoms with Gasteiger partial charge < -0.3 is 15.3 Å². The summed E-state index contributed by atoms with van der Waals surface area (Å²) in [5.74, 6) is 1.11. The van der Waals surface area contributed by atoms with Crippen molar-refractivity contribution in [3.63, 3.8) is 0 Å². The number of aromatic hydroxyl groups is 1. The number of phenols is 1. The van der Waals surface area contributed by atoms with Crippen LogP contribution in [0.5, 0.6) is 11.5 Å². The highest BCUT2D eigenvalue weighted by Gasteiger charge is 2.23. The topological polar surface area (TPSA) is 53.9 Å². The molecule has 0 aromatic heterocycles. The average Bonchev–Trinajstić information content (AvgIpc) is 2.99. The quantitative estimate of drug-likeness (QED) is 0.909. The van der Waals surface area contributed by atoms with E-state index in [1.807, 2.05) is 37.3 Å². The van der Waals surface area contributed by atoms with Gasteiger partial charge in [0.25, 0.3) is 0 Å². The molecule has 0 saturated heterocycles. The van der Waals surface area contributed by atoms with E-state index in [0.29, 0.717) is 0 Å². The Morgan fingerprint density at radius 3 is 2.90 bits per heavy atom. The lowest BCUT2D eigenvalue weighted by Gasteiger charge is -2.11. The zero-order valence-electron chi connectivity index (χ0n) is 12.1. The van der Waals surface area contributed by atoms with Crippen LogP contribution in [0, 0.1) is 6.92 Å². The Morgan fingerprint density at radius 1 is 1.24 bits per heavy atom. The Balaban J connectivity index is 1.82. The van der Waals surface area contributed by atoms with Crippen molar-refractivity contribution in [1.29, 1.82) is 0 Å². The molecular formula is C17H18N2O2. The van der Waals surface area contributed by atoms with Crippen LogP contribution >= 0.6 is 0 Å². The molecule has 1 atom stereocenters. The van der Waals surface area contributed by atoms with Crippen LogP contribution < -0.4 is 10.2 Å². The molecular weight excluding hydrogens is 264 g/mol. The number of hydrogen-bond donors (Lipinski definition) is 2. The summed E-state index contributed by atoms with van der Waals surface area (Å²) in [6.07, 6.45) is 0.740. The van der Waals surface area contributed by atoms with E-state index in [-0.39, 0.29) is 11.8 Å². The summed E-state index contributed by atoms with van der Waals surface area (Å²) in [7, 11) is 1.66. The number of rotatable bonds is 3. The van der Waals surface area contributed by atoms with E-state index < -0.39 is 0 Å². The van der Waals surface area contributed by atoms with Gasteiger partial charge in [0.1, 0.15) is 11.5 Å². The third kappa shape index (κ3) is 2.70. The average molecular weight is 282 g/mol. The molecule has 2 aromatic rings. The van der Waals surface area contributed by atoms with E-state index in [4.69, 9.17) is 4.74 Å². The van der Waals surface area contributed by atoms with E-state index >= 15 is 0 Å². The van der Waals surface area contributed by atoms with Crippen LogP contribution in [0.1, 0.15) is 29.2 Å². The molecule has 0 aliphatic carbocycles. The zero-order chi connectivity index (χ0) is 14.8. The molecule has 0 unspecified atom stereocenters. The summed E-state index contributed by atoms with van der Waals surface area (Å²) in [4.78, 5) is 0. The number of hydrogen-bond acceptors (Lipinski definition) is 4. The molecule has 1 aliphatic heterocycles. The van der Waals surface area contributed by atoms with Crippen LogP contribution in [-0.2, 0) is 0 Å². The number of nitrogens with one attached hydrogen (secondary N) is 1. The Labute approximate surface area is 124 Å². The first-order valence-electron chi connectivity index (χ1n) is 6.93. The van der Waals surface area contributed by atoms with E-state index in [0.717, 1.165) is 34.6 Å². The molecule has 1 heterocycles. The molecule has 4 heteroatoms. The molecule has 3 rings (SSSR count). The minimum atomic E-state index is 0.106. The van der Waals surface area contributed by atoms with Gasteiger partial charge in [-0.15, -0.1) is 0 Å². The first kappa shape index (κ1) is 13.5. The van der Waals surface area contributed by atoms with Crippen LogP contribution in [0.15, 0.2) is 47.6 Å². The van der Waals surface area contributed by atoms with Crippen molar-refractivity contribution >= 4 is 5.71 Å². The van der Waals surface area contributed by atoms with Crippen molar-refractivity contribution in [2.24, 2.45) is 5.10 Å². The minimum Gasteiger partial charge on any atom is -0.507 e. The fourth-order valence-corrected chi connectivity index (χ4v) is 2.54. The third-order valence-corrected chi connectivity index (χ3v) is 3.71. The Morgan fingerprint density at radius 2 is 2.10 bits per heavy atom. The lowest BCUT2D eigenvalue weighted by Crippen LogP contribution is -2.10. The maximum absolute atomic E-state index is 10.0. The highest BCUT2D eigenvalue weighted by molar-refractivity contribution is 6.04. The van der Waals surface area contributed by atoms with Gasteiger partial charge in [0, 0.05) is 12.0 Å². The van der Waals surface area contributed by atoms with Crippen LogP contribution in [0.4, 0.5) is 0 Å². The van der Waals surface area contributed by atoms with Gasteiger partial charge in [-0.1, -0.05) is 23.8 Å². The molecule has 2 aromatic carbocycles. The van der Waals surface area contributed by atoms with E-state index in [9.17, 15) is 5.11 Å². The molecule has 0 bridgehead atoms. The molecule has 0 amide bonds. The molecule has 0 fully saturated rings. The second-order valence-electron chi connectivity index (χ2n) is 5.24. The van der Waals surface area contributed by atoms with Crippen molar-refractivity contribution in [3.8, 4) is 11.5 Å². The summed E-state index contributed by atoms with van der Waals surface area (Å²) >= 11 is 0. The summed E-state index contributed by atoms with van der Waals surface area (Å²) in [5, 5.41) is 14.4. The van der Waals surface area contributed by atoms with Gasteiger partial charge >= 0.3 is 0 Å². The lowest BCUT2D eigenvalue weighted by molar-refractivity contribution is 0.413. The Bertz CT molecular complexity index is 695. The van der Waals surface area contributed by atoms with E-state index in [1.54, 1.807) is 13.2 Å². The monoisotopic (exact) mass is 282 g/mol. The van der Waals surface area contributed by atoms with Crippen molar-refractivity contribution < 1.29 is 9.84 Å². The SMILES string of the molecule is COc1cccc([C@H]2CC(c3cc(C)ccc3O)=NN2)c1. The standard InChI is InChI=1S/C17H18N2O2/c1-11-6-7-17(20)14(8-11)16-10-15(18-19-16)12-4-3-5-13(9-12)21-2/h3-9,15,18,20H,10H2,1-2H3/t15-/m1/s1. The van der Waals surface area contributed by atoms with Gasteiger partial charge in [-0.3, -0.25) is 0 Å². The molecule has 1 aliphatic rings. The molecule has 0 saturated carbocycles.